The molecule has 1 aliphatic rings. The third-order valence-electron chi connectivity index (χ3n) is 4.35. The summed E-state index contributed by atoms with van der Waals surface area (Å²) in [5, 5.41) is 7.24. The summed E-state index contributed by atoms with van der Waals surface area (Å²) in [6.07, 6.45) is -0.890. The van der Waals surface area contributed by atoms with Gasteiger partial charge in [-0.15, -0.1) is 5.10 Å². The van der Waals surface area contributed by atoms with E-state index in [0.717, 1.165) is 10.8 Å². The van der Waals surface area contributed by atoms with E-state index in [0.29, 0.717) is 22.8 Å². The van der Waals surface area contributed by atoms with Gasteiger partial charge in [0, 0.05) is 13.8 Å². The van der Waals surface area contributed by atoms with Gasteiger partial charge in [-0.05, 0) is 35.9 Å². The van der Waals surface area contributed by atoms with E-state index in [1.165, 1.54) is 18.9 Å². The number of benzene rings is 2. The predicted octanol–water partition coefficient (Wildman–Crippen LogP) is 3.91. The zero-order valence-electron chi connectivity index (χ0n) is 15.6. The van der Waals surface area contributed by atoms with E-state index in [9.17, 15) is 9.59 Å². The molecule has 0 aliphatic carbocycles. The van der Waals surface area contributed by atoms with Crippen LogP contribution in [0.5, 0.6) is 5.75 Å². The number of carbonyl (C=O) groups is 2. The van der Waals surface area contributed by atoms with Crippen LogP contribution in [-0.2, 0) is 14.3 Å². The molecule has 28 heavy (non-hydrogen) atoms. The highest BCUT2D eigenvalue weighted by Gasteiger charge is 2.37. The first kappa shape index (κ1) is 17.8. The van der Waals surface area contributed by atoms with Gasteiger partial charge in [0.05, 0.1) is 5.56 Å². The number of rotatable bonds is 3. The number of amides is 1. The summed E-state index contributed by atoms with van der Waals surface area (Å²) in [6.45, 7) is 4.53. The highest BCUT2D eigenvalue weighted by molar-refractivity contribution is 5.95. The minimum Gasteiger partial charge on any atom is -0.456 e. The van der Waals surface area contributed by atoms with Crippen molar-refractivity contribution in [2.75, 3.05) is 0 Å². The van der Waals surface area contributed by atoms with Crippen molar-refractivity contribution in [2.24, 2.45) is 5.10 Å². The Morgan fingerprint density at radius 1 is 1.07 bits per heavy atom. The average Bonchev–Trinajstić information content (AvgIpc) is 3.27. The number of carbonyl (C=O) groups excluding carboxylic acids is 2. The second-order valence-electron chi connectivity index (χ2n) is 6.44. The van der Waals surface area contributed by atoms with Gasteiger partial charge in [-0.2, -0.15) is 5.01 Å². The summed E-state index contributed by atoms with van der Waals surface area (Å²) in [5.41, 5.74) is 0.547. The Balaban J connectivity index is 1.86. The van der Waals surface area contributed by atoms with Gasteiger partial charge >= 0.3 is 5.97 Å². The molecule has 1 amide bonds. The minimum absolute atomic E-state index is 0.190. The number of nitrogens with zero attached hydrogens (tertiary/aromatic N) is 2. The molecule has 0 unspecified atom stereocenters. The molecule has 4 rings (SSSR count). The monoisotopic (exact) mass is 378 g/mol. The molecule has 0 fully saturated rings. The fourth-order valence-corrected chi connectivity index (χ4v) is 3.18. The number of esters is 1. The molecular formula is C21H18N2O5. The molecule has 1 atom stereocenters. The molecule has 7 heteroatoms. The quantitative estimate of drug-likeness (QED) is 0.510. The van der Waals surface area contributed by atoms with Crippen LogP contribution >= 0.6 is 0 Å². The Morgan fingerprint density at radius 3 is 2.54 bits per heavy atom. The van der Waals surface area contributed by atoms with E-state index in [1.807, 2.05) is 37.3 Å². The highest BCUT2D eigenvalue weighted by atomic mass is 16.6. The molecule has 2 heterocycles. The Kier molecular flexibility index (Phi) is 4.35. The van der Waals surface area contributed by atoms with Crippen molar-refractivity contribution < 1.29 is 23.5 Å². The van der Waals surface area contributed by atoms with Gasteiger partial charge in [0.1, 0.15) is 11.5 Å². The number of hydrogen-bond donors (Lipinski definition) is 0. The Labute approximate surface area is 161 Å². The zero-order chi connectivity index (χ0) is 19.8. The minimum atomic E-state index is -0.890. The van der Waals surface area contributed by atoms with Crippen LogP contribution in [0.15, 0.2) is 58.0 Å². The Bertz CT molecular complexity index is 1110. The third-order valence-corrected chi connectivity index (χ3v) is 4.35. The van der Waals surface area contributed by atoms with Crippen molar-refractivity contribution in [3.05, 3.63) is 65.6 Å². The Hall–Kier alpha value is -3.61. The zero-order valence-corrected chi connectivity index (χ0v) is 15.6. The Morgan fingerprint density at radius 2 is 1.86 bits per heavy atom. The van der Waals surface area contributed by atoms with Gasteiger partial charge in [0.25, 0.3) is 5.90 Å². The maximum absolute atomic E-state index is 12.3. The smallest absolute Gasteiger partial charge is 0.308 e. The standard InChI is InChI=1S/C21H18N2O5/c1-12-8-10-18(26-12)20-22-23(13(2)24)21(28-20)19-16-7-5-4-6-15(16)9-11-17(19)27-14(3)25/h4-11,21H,1-3H3/t21-/m1/s1. The lowest BCUT2D eigenvalue weighted by Crippen LogP contribution is -2.26. The van der Waals surface area contributed by atoms with E-state index in [-0.39, 0.29) is 11.8 Å². The molecule has 2 aromatic carbocycles. The predicted molar refractivity (Wildman–Crippen MR) is 102 cm³/mol. The molecule has 0 bridgehead atoms. The number of fused-ring (bicyclic) bond motifs is 1. The average molecular weight is 378 g/mol. The van der Waals surface area contributed by atoms with E-state index in [1.54, 1.807) is 18.2 Å². The van der Waals surface area contributed by atoms with Crippen LogP contribution < -0.4 is 4.74 Å². The maximum Gasteiger partial charge on any atom is 0.308 e. The maximum atomic E-state index is 12.3. The van der Waals surface area contributed by atoms with Crippen molar-refractivity contribution in [3.63, 3.8) is 0 Å². The molecular weight excluding hydrogens is 360 g/mol. The van der Waals surface area contributed by atoms with E-state index in [2.05, 4.69) is 5.10 Å². The van der Waals surface area contributed by atoms with Crippen LogP contribution in [0.25, 0.3) is 10.8 Å². The van der Waals surface area contributed by atoms with Crippen LogP contribution in [0.1, 0.15) is 37.2 Å². The summed E-state index contributed by atoms with van der Waals surface area (Å²) in [5.74, 6) is 0.839. The van der Waals surface area contributed by atoms with Crippen molar-refractivity contribution >= 4 is 28.5 Å². The number of ether oxygens (including phenoxy) is 2. The lowest BCUT2D eigenvalue weighted by molar-refractivity contribution is -0.135. The van der Waals surface area contributed by atoms with Gasteiger partial charge < -0.3 is 13.9 Å². The molecule has 3 aromatic rings. The molecule has 1 aliphatic heterocycles. The molecule has 0 saturated heterocycles. The number of hydrogen-bond acceptors (Lipinski definition) is 6. The first-order valence-electron chi connectivity index (χ1n) is 8.76. The van der Waals surface area contributed by atoms with Crippen LogP contribution in [0, 0.1) is 6.92 Å². The summed E-state index contributed by atoms with van der Waals surface area (Å²) < 4.78 is 17.0. The van der Waals surface area contributed by atoms with Crippen LogP contribution in [0.4, 0.5) is 0 Å². The van der Waals surface area contributed by atoms with Gasteiger partial charge in [-0.3, -0.25) is 9.59 Å². The number of aryl methyl sites for hydroxylation is 1. The van der Waals surface area contributed by atoms with Gasteiger partial charge in [-0.25, -0.2) is 0 Å². The first-order chi connectivity index (χ1) is 13.4. The normalized spacial score (nSPS) is 16.0. The van der Waals surface area contributed by atoms with Crippen LogP contribution in [0.2, 0.25) is 0 Å². The molecule has 0 N–H and O–H groups in total. The lowest BCUT2D eigenvalue weighted by atomic mass is 10.0. The van der Waals surface area contributed by atoms with E-state index < -0.39 is 12.2 Å². The summed E-state index contributed by atoms with van der Waals surface area (Å²) >= 11 is 0. The SMILES string of the molecule is CC(=O)Oc1ccc2ccccc2c1[C@H]1OC(c2ccc(C)o2)=NN1C(C)=O. The van der Waals surface area contributed by atoms with Gasteiger partial charge in [0.15, 0.2) is 5.76 Å². The topological polar surface area (TPSA) is 81.3 Å². The largest absolute Gasteiger partial charge is 0.456 e. The van der Waals surface area contributed by atoms with E-state index >= 15 is 0 Å². The summed E-state index contributed by atoms with van der Waals surface area (Å²) in [4.78, 5) is 23.9. The molecule has 7 nitrogen and oxygen atoms in total. The summed E-state index contributed by atoms with van der Waals surface area (Å²) in [7, 11) is 0. The van der Waals surface area contributed by atoms with Crippen LogP contribution in [0.3, 0.4) is 0 Å². The molecule has 1 aromatic heterocycles. The summed E-state index contributed by atoms with van der Waals surface area (Å²) in [6, 6.07) is 14.6. The molecule has 0 saturated carbocycles. The van der Waals surface area contributed by atoms with Gasteiger partial charge in [0.2, 0.25) is 12.1 Å². The van der Waals surface area contributed by atoms with Gasteiger partial charge in [-0.1, -0.05) is 30.3 Å². The first-order valence-corrected chi connectivity index (χ1v) is 8.76. The second kappa shape index (κ2) is 6.84. The number of hydrazone groups is 1. The fourth-order valence-electron chi connectivity index (χ4n) is 3.18. The van der Waals surface area contributed by atoms with Crippen molar-refractivity contribution in [3.8, 4) is 5.75 Å². The second-order valence-corrected chi connectivity index (χ2v) is 6.44. The highest BCUT2D eigenvalue weighted by Crippen LogP contribution is 2.40. The van der Waals surface area contributed by atoms with Crippen molar-refractivity contribution in [1.29, 1.82) is 0 Å². The van der Waals surface area contributed by atoms with Crippen LogP contribution in [-0.4, -0.2) is 22.8 Å². The lowest BCUT2D eigenvalue weighted by Gasteiger charge is -2.22. The molecule has 0 spiro atoms. The van der Waals surface area contributed by atoms with E-state index in [4.69, 9.17) is 13.9 Å². The van der Waals surface area contributed by atoms with Crippen molar-refractivity contribution in [2.45, 2.75) is 27.0 Å². The van der Waals surface area contributed by atoms with Crippen molar-refractivity contribution in [1.82, 2.24) is 5.01 Å². The fraction of sp³-hybridized carbons (Fsp3) is 0.190. The molecule has 0 radical (unpaired) electrons. The number of furan rings is 1. The third kappa shape index (κ3) is 3.11. The molecule has 142 valence electrons.